The second-order valence-corrected chi connectivity index (χ2v) is 4.30. The Kier molecular flexibility index (Phi) is 4.06. The topological polar surface area (TPSA) is 62.5 Å². The number of imidazole rings is 1. The Labute approximate surface area is 101 Å². The van der Waals surface area contributed by atoms with Gasteiger partial charge in [-0.15, -0.1) is 0 Å². The summed E-state index contributed by atoms with van der Waals surface area (Å²) >= 11 is 0. The standard InChI is InChI=1S/C12H18N4O/c1-10(2-5-17)6-14-7-11-8-15-12-9-13-3-4-16(11)12/h3-4,8-10,14,17H,2,5-7H2,1H3. The van der Waals surface area contributed by atoms with Gasteiger partial charge in [0.05, 0.1) is 18.1 Å². The zero-order valence-electron chi connectivity index (χ0n) is 10.0. The quantitative estimate of drug-likeness (QED) is 0.777. The lowest BCUT2D eigenvalue weighted by Crippen LogP contribution is -2.22. The number of aliphatic hydroxyl groups excluding tert-OH is 1. The van der Waals surface area contributed by atoms with E-state index in [1.54, 1.807) is 12.4 Å². The fourth-order valence-electron chi connectivity index (χ4n) is 1.79. The van der Waals surface area contributed by atoms with Gasteiger partial charge in [-0.3, -0.25) is 9.38 Å². The van der Waals surface area contributed by atoms with Crippen LogP contribution in [-0.2, 0) is 6.54 Å². The molecule has 2 N–H and O–H groups in total. The largest absolute Gasteiger partial charge is 0.396 e. The lowest BCUT2D eigenvalue weighted by molar-refractivity contribution is 0.260. The van der Waals surface area contributed by atoms with Gasteiger partial charge in [-0.1, -0.05) is 6.92 Å². The first-order valence-electron chi connectivity index (χ1n) is 5.89. The van der Waals surface area contributed by atoms with Gasteiger partial charge >= 0.3 is 0 Å². The highest BCUT2D eigenvalue weighted by atomic mass is 16.3. The minimum absolute atomic E-state index is 0.254. The van der Waals surface area contributed by atoms with Crippen molar-refractivity contribution in [2.45, 2.75) is 19.9 Å². The first kappa shape index (κ1) is 12.0. The molecule has 2 aromatic rings. The van der Waals surface area contributed by atoms with Gasteiger partial charge in [0.15, 0.2) is 5.65 Å². The number of hydrogen-bond acceptors (Lipinski definition) is 4. The van der Waals surface area contributed by atoms with Gasteiger partial charge in [-0.2, -0.15) is 0 Å². The van der Waals surface area contributed by atoms with Crippen LogP contribution in [0.1, 0.15) is 19.0 Å². The molecule has 0 bridgehead atoms. The van der Waals surface area contributed by atoms with Crippen LogP contribution in [0.25, 0.3) is 5.65 Å². The van der Waals surface area contributed by atoms with E-state index < -0.39 is 0 Å². The van der Waals surface area contributed by atoms with E-state index in [2.05, 4.69) is 22.2 Å². The second-order valence-electron chi connectivity index (χ2n) is 4.30. The monoisotopic (exact) mass is 234 g/mol. The summed E-state index contributed by atoms with van der Waals surface area (Å²) in [7, 11) is 0. The highest BCUT2D eigenvalue weighted by Gasteiger charge is 2.04. The van der Waals surface area contributed by atoms with E-state index in [1.165, 1.54) is 0 Å². The van der Waals surface area contributed by atoms with Gasteiger partial charge in [0.1, 0.15) is 0 Å². The maximum atomic E-state index is 8.81. The van der Waals surface area contributed by atoms with Gasteiger partial charge in [0.25, 0.3) is 0 Å². The minimum atomic E-state index is 0.254. The fourth-order valence-corrected chi connectivity index (χ4v) is 1.79. The third kappa shape index (κ3) is 3.01. The molecule has 5 heteroatoms. The van der Waals surface area contributed by atoms with E-state index in [0.29, 0.717) is 5.92 Å². The van der Waals surface area contributed by atoms with Crippen LogP contribution in [-0.4, -0.2) is 32.6 Å². The van der Waals surface area contributed by atoms with Crippen molar-refractivity contribution in [3.05, 3.63) is 30.5 Å². The maximum absolute atomic E-state index is 8.81. The zero-order chi connectivity index (χ0) is 12.1. The summed E-state index contributed by atoms with van der Waals surface area (Å²) in [5, 5.41) is 12.2. The van der Waals surface area contributed by atoms with Crippen LogP contribution < -0.4 is 5.32 Å². The van der Waals surface area contributed by atoms with Gasteiger partial charge in [-0.05, 0) is 18.9 Å². The van der Waals surface area contributed by atoms with Crippen molar-refractivity contribution in [1.82, 2.24) is 19.7 Å². The highest BCUT2D eigenvalue weighted by molar-refractivity contribution is 5.36. The molecule has 0 aliphatic rings. The predicted molar refractivity (Wildman–Crippen MR) is 65.6 cm³/mol. The first-order valence-corrected chi connectivity index (χ1v) is 5.89. The number of hydrogen-bond donors (Lipinski definition) is 2. The Bertz CT molecular complexity index is 468. The lowest BCUT2D eigenvalue weighted by atomic mass is 10.1. The first-order chi connectivity index (χ1) is 8.31. The summed E-state index contributed by atoms with van der Waals surface area (Å²) in [6, 6.07) is 0. The molecule has 0 amide bonds. The molecule has 0 fully saturated rings. The molecule has 2 aromatic heterocycles. The second kappa shape index (κ2) is 5.75. The van der Waals surface area contributed by atoms with E-state index in [0.717, 1.165) is 30.9 Å². The van der Waals surface area contributed by atoms with Crippen molar-refractivity contribution in [2.24, 2.45) is 5.92 Å². The van der Waals surface area contributed by atoms with Gasteiger partial charge in [-0.25, -0.2) is 4.98 Å². The molecule has 0 aliphatic carbocycles. The summed E-state index contributed by atoms with van der Waals surface area (Å²) in [4.78, 5) is 8.30. The minimum Gasteiger partial charge on any atom is -0.396 e. The summed E-state index contributed by atoms with van der Waals surface area (Å²) in [6.45, 7) is 4.06. The molecule has 0 saturated carbocycles. The SMILES string of the molecule is CC(CCO)CNCc1cnc2cnccn12. The summed E-state index contributed by atoms with van der Waals surface area (Å²) in [6.07, 6.45) is 8.12. The number of nitrogens with zero attached hydrogens (tertiary/aromatic N) is 3. The molecule has 0 saturated heterocycles. The number of nitrogens with one attached hydrogen (secondary N) is 1. The highest BCUT2D eigenvalue weighted by Crippen LogP contribution is 2.05. The molecule has 0 spiro atoms. The van der Waals surface area contributed by atoms with E-state index >= 15 is 0 Å². The number of rotatable bonds is 6. The fraction of sp³-hybridized carbons (Fsp3) is 0.500. The molecule has 1 atom stereocenters. The van der Waals surface area contributed by atoms with E-state index in [-0.39, 0.29) is 6.61 Å². The predicted octanol–water partition coefficient (Wildman–Crippen LogP) is 0.837. The van der Waals surface area contributed by atoms with Gasteiger partial charge in [0.2, 0.25) is 0 Å². The van der Waals surface area contributed by atoms with Crippen LogP contribution in [0, 0.1) is 5.92 Å². The molecule has 0 aromatic carbocycles. The van der Waals surface area contributed by atoms with Crippen LogP contribution in [0.5, 0.6) is 0 Å². The molecule has 2 rings (SSSR count). The molecule has 1 unspecified atom stereocenters. The molecule has 17 heavy (non-hydrogen) atoms. The Morgan fingerprint density at radius 1 is 1.47 bits per heavy atom. The van der Waals surface area contributed by atoms with Crippen LogP contribution in [0.4, 0.5) is 0 Å². The third-order valence-electron chi connectivity index (χ3n) is 2.81. The summed E-state index contributed by atoms with van der Waals surface area (Å²) in [5.41, 5.74) is 1.99. The van der Waals surface area contributed by atoms with Crippen LogP contribution in [0.15, 0.2) is 24.8 Å². The van der Waals surface area contributed by atoms with Crippen molar-refractivity contribution >= 4 is 5.65 Å². The average molecular weight is 234 g/mol. The Balaban J connectivity index is 1.91. The number of fused-ring (bicyclic) bond motifs is 1. The van der Waals surface area contributed by atoms with Crippen LogP contribution in [0.3, 0.4) is 0 Å². The van der Waals surface area contributed by atoms with E-state index in [1.807, 2.05) is 16.8 Å². The molecular weight excluding hydrogens is 216 g/mol. The Morgan fingerprint density at radius 3 is 3.18 bits per heavy atom. The number of aromatic nitrogens is 3. The Morgan fingerprint density at radius 2 is 2.35 bits per heavy atom. The summed E-state index contributed by atoms with van der Waals surface area (Å²) in [5.74, 6) is 0.487. The van der Waals surface area contributed by atoms with Crippen LogP contribution >= 0.6 is 0 Å². The smallest absolute Gasteiger partial charge is 0.155 e. The molecule has 0 radical (unpaired) electrons. The lowest BCUT2D eigenvalue weighted by Gasteiger charge is -2.10. The number of aliphatic hydroxyl groups is 1. The maximum Gasteiger partial charge on any atom is 0.155 e. The van der Waals surface area contributed by atoms with E-state index in [9.17, 15) is 0 Å². The Hall–Kier alpha value is -1.46. The van der Waals surface area contributed by atoms with Gasteiger partial charge < -0.3 is 10.4 Å². The normalized spacial score (nSPS) is 13.1. The molecule has 2 heterocycles. The summed E-state index contributed by atoms with van der Waals surface area (Å²) < 4.78 is 2.02. The van der Waals surface area contributed by atoms with Crippen molar-refractivity contribution in [3.8, 4) is 0 Å². The average Bonchev–Trinajstić information content (AvgIpc) is 2.73. The van der Waals surface area contributed by atoms with Crippen LogP contribution in [0.2, 0.25) is 0 Å². The van der Waals surface area contributed by atoms with Crippen molar-refractivity contribution < 1.29 is 5.11 Å². The molecule has 92 valence electrons. The third-order valence-corrected chi connectivity index (χ3v) is 2.81. The van der Waals surface area contributed by atoms with E-state index in [4.69, 9.17) is 5.11 Å². The van der Waals surface area contributed by atoms with Crippen molar-refractivity contribution in [2.75, 3.05) is 13.2 Å². The van der Waals surface area contributed by atoms with Gasteiger partial charge in [0, 0.05) is 25.5 Å². The zero-order valence-corrected chi connectivity index (χ0v) is 10.0. The van der Waals surface area contributed by atoms with Crippen molar-refractivity contribution in [3.63, 3.8) is 0 Å². The molecular formula is C12H18N4O. The van der Waals surface area contributed by atoms with Crippen molar-refractivity contribution in [1.29, 1.82) is 0 Å². The molecule has 0 aliphatic heterocycles. The molecule has 5 nitrogen and oxygen atoms in total.